The molecule has 1 aromatic rings. The maximum atomic E-state index is 11.0. The van der Waals surface area contributed by atoms with Crippen LogP contribution in [0.1, 0.15) is 18.1 Å². The van der Waals surface area contributed by atoms with Crippen LogP contribution in [0.3, 0.4) is 0 Å². The molecule has 0 unspecified atom stereocenters. The number of aryl methyl sites for hydroxylation is 1. The molecule has 0 aliphatic heterocycles. The fourth-order valence-corrected chi connectivity index (χ4v) is 2.44. The zero-order valence-electron chi connectivity index (χ0n) is 9.96. The second-order valence-electron chi connectivity index (χ2n) is 3.89. The molecule has 0 aliphatic carbocycles. The van der Waals surface area contributed by atoms with E-state index in [0.29, 0.717) is 10.7 Å². The number of rotatable bonds is 4. The average Bonchev–Trinajstić information content (AvgIpc) is 2.22. The highest BCUT2D eigenvalue weighted by atomic mass is 35.7. The van der Waals surface area contributed by atoms with Gasteiger partial charge in [-0.25, -0.2) is 8.42 Å². The Kier molecular flexibility index (Phi) is 5.01. The molecule has 7 heteroatoms. The van der Waals surface area contributed by atoms with Gasteiger partial charge in [-0.15, -0.1) is 0 Å². The monoisotopic (exact) mass is 309 g/mol. The first-order valence-corrected chi connectivity index (χ1v) is 8.04. The Balaban J connectivity index is 2.97. The molecular weight excluding hydrogens is 297 g/mol. The van der Waals surface area contributed by atoms with Gasteiger partial charge in [0.05, 0.1) is 16.5 Å². The molecule has 0 spiro atoms. The first-order valence-electron chi connectivity index (χ1n) is 5.18. The predicted molar refractivity (Wildman–Crippen MR) is 73.8 cm³/mol. The third kappa shape index (κ3) is 4.48. The van der Waals surface area contributed by atoms with E-state index >= 15 is 0 Å². The Morgan fingerprint density at radius 3 is 2.50 bits per heavy atom. The lowest BCUT2D eigenvalue weighted by Crippen LogP contribution is -2.08. The highest BCUT2D eigenvalue weighted by molar-refractivity contribution is 8.13. The van der Waals surface area contributed by atoms with Crippen LogP contribution in [-0.2, 0) is 20.3 Å². The minimum absolute atomic E-state index is 0.148. The van der Waals surface area contributed by atoms with Gasteiger partial charge in [0.15, 0.2) is 0 Å². The maximum Gasteiger partial charge on any atom is 0.232 e. The molecule has 1 rings (SSSR count). The van der Waals surface area contributed by atoms with Crippen molar-refractivity contribution in [3.8, 4) is 0 Å². The van der Waals surface area contributed by atoms with Gasteiger partial charge in [-0.05, 0) is 30.5 Å². The van der Waals surface area contributed by atoms with Gasteiger partial charge in [0.2, 0.25) is 15.0 Å². The number of nitrogens with one attached hydrogen (secondary N) is 1. The molecular formula is C11H13Cl2NO3S. The van der Waals surface area contributed by atoms with Crippen LogP contribution < -0.4 is 5.32 Å². The molecule has 0 fully saturated rings. The van der Waals surface area contributed by atoms with Gasteiger partial charge in [-0.1, -0.05) is 17.7 Å². The van der Waals surface area contributed by atoms with Crippen molar-refractivity contribution in [3.63, 3.8) is 0 Å². The van der Waals surface area contributed by atoms with Crippen molar-refractivity contribution in [1.29, 1.82) is 0 Å². The fraction of sp³-hybridized carbons (Fsp3) is 0.364. The third-order valence-electron chi connectivity index (χ3n) is 2.42. The van der Waals surface area contributed by atoms with Crippen LogP contribution in [0, 0.1) is 6.92 Å². The zero-order valence-corrected chi connectivity index (χ0v) is 12.3. The minimum atomic E-state index is -3.52. The number of hydrogen-bond acceptors (Lipinski definition) is 3. The molecule has 18 heavy (non-hydrogen) atoms. The Morgan fingerprint density at radius 2 is 2.00 bits per heavy atom. The van der Waals surface area contributed by atoms with Crippen LogP contribution in [0.5, 0.6) is 0 Å². The fourth-order valence-electron chi connectivity index (χ4n) is 1.51. The summed E-state index contributed by atoms with van der Waals surface area (Å²) in [6.07, 6.45) is 0.289. The van der Waals surface area contributed by atoms with Crippen LogP contribution in [0.25, 0.3) is 0 Å². The van der Waals surface area contributed by atoms with E-state index in [4.69, 9.17) is 22.3 Å². The molecule has 1 N–H and O–H groups in total. The Labute approximate surface area is 116 Å². The van der Waals surface area contributed by atoms with E-state index < -0.39 is 9.05 Å². The molecule has 0 aromatic heterocycles. The molecule has 1 amide bonds. The maximum absolute atomic E-state index is 11.0. The lowest BCUT2D eigenvalue weighted by Gasteiger charge is -2.11. The lowest BCUT2D eigenvalue weighted by molar-refractivity contribution is -0.114. The van der Waals surface area contributed by atoms with Crippen molar-refractivity contribution in [3.05, 3.63) is 28.3 Å². The van der Waals surface area contributed by atoms with Crippen molar-refractivity contribution in [2.24, 2.45) is 0 Å². The van der Waals surface area contributed by atoms with Crippen LogP contribution in [0.2, 0.25) is 5.02 Å². The van der Waals surface area contributed by atoms with E-state index in [-0.39, 0.29) is 18.1 Å². The normalized spacial score (nSPS) is 11.3. The van der Waals surface area contributed by atoms with Crippen LogP contribution in [0.15, 0.2) is 12.1 Å². The lowest BCUT2D eigenvalue weighted by atomic mass is 10.1. The largest absolute Gasteiger partial charge is 0.325 e. The van der Waals surface area contributed by atoms with Gasteiger partial charge in [-0.2, -0.15) is 0 Å². The Hall–Kier alpha value is -0.780. The minimum Gasteiger partial charge on any atom is -0.325 e. The molecule has 4 nitrogen and oxygen atoms in total. The first kappa shape index (κ1) is 15.3. The highest BCUT2D eigenvalue weighted by Gasteiger charge is 2.12. The molecule has 0 saturated heterocycles. The Bertz CT molecular complexity index is 570. The van der Waals surface area contributed by atoms with E-state index in [1.807, 2.05) is 0 Å². The topological polar surface area (TPSA) is 63.2 Å². The average molecular weight is 310 g/mol. The Morgan fingerprint density at radius 1 is 1.39 bits per heavy atom. The number of benzene rings is 1. The standard InChI is InChI=1S/C11H13Cl2NO3S/c1-7-9(5-6-18(13,16)17)3-4-10(11(7)12)14-8(2)15/h3-4H,5-6H2,1-2H3,(H,14,15). The van der Waals surface area contributed by atoms with E-state index in [1.54, 1.807) is 19.1 Å². The third-order valence-corrected chi connectivity index (χ3v) is 4.07. The molecule has 100 valence electrons. The van der Waals surface area contributed by atoms with Gasteiger partial charge >= 0.3 is 0 Å². The predicted octanol–water partition coefficient (Wildman–Crippen LogP) is 2.72. The molecule has 0 heterocycles. The number of carbonyl (C=O) groups is 1. The second kappa shape index (κ2) is 5.91. The van der Waals surface area contributed by atoms with Gasteiger partial charge in [0.25, 0.3) is 0 Å². The van der Waals surface area contributed by atoms with Crippen LogP contribution in [0.4, 0.5) is 5.69 Å². The summed E-state index contributed by atoms with van der Waals surface area (Å²) < 4.78 is 21.8. The summed E-state index contributed by atoms with van der Waals surface area (Å²) in [7, 11) is 1.64. The summed E-state index contributed by atoms with van der Waals surface area (Å²) in [5.41, 5.74) is 2.04. The van der Waals surface area contributed by atoms with Gasteiger partial charge < -0.3 is 5.32 Å². The summed E-state index contributed by atoms with van der Waals surface area (Å²) in [5, 5.41) is 3.01. The SMILES string of the molecule is CC(=O)Nc1ccc(CCS(=O)(=O)Cl)c(C)c1Cl. The zero-order chi connectivity index (χ0) is 13.9. The second-order valence-corrected chi connectivity index (χ2v) is 7.16. The molecule has 0 saturated carbocycles. The van der Waals surface area contributed by atoms with Crippen molar-refractivity contribution < 1.29 is 13.2 Å². The summed E-state index contributed by atoms with van der Waals surface area (Å²) in [5.74, 6) is -0.363. The summed E-state index contributed by atoms with van der Waals surface area (Å²) in [6.45, 7) is 3.16. The summed E-state index contributed by atoms with van der Waals surface area (Å²) in [4.78, 5) is 11.0. The quantitative estimate of drug-likeness (QED) is 0.870. The van der Waals surface area contributed by atoms with Crippen molar-refractivity contribution in [1.82, 2.24) is 0 Å². The van der Waals surface area contributed by atoms with Crippen molar-refractivity contribution >= 4 is 42.9 Å². The number of carbonyl (C=O) groups excluding carboxylic acids is 1. The molecule has 0 aliphatic rings. The van der Waals surface area contributed by atoms with E-state index in [0.717, 1.165) is 11.1 Å². The number of anilines is 1. The van der Waals surface area contributed by atoms with Crippen molar-refractivity contribution in [2.45, 2.75) is 20.3 Å². The molecule has 0 radical (unpaired) electrons. The van der Waals surface area contributed by atoms with Gasteiger partial charge in [-0.3, -0.25) is 4.79 Å². The summed E-state index contributed by atoms with van der Waals surface area (Å²) in [6, 6.07) is 3.38. The van der Waals surface area contributed by atoms with Crippen LogP contribution in [-0.4, -0.2) is 20.1 Å². The molecule has 0 bridgehead atoms. The molecule has 1 aromatic carbocycles. The summed E-state index contributed by atoms with van der Waals surface area (Å²) >= 11 is 6.10. The first-order chi connectivity index (χ1) is 8.20. The van der Waals surface area contributed by atoms with Crippen molar-refractivity contribution in [2.75, 3.05) is 11.1 Å². The number of amides is 1. The highest BCUT2D eigenvalue weighted by Crippen LogP contribution is 2.28. The number of halogens is 2. The molecule has 0 atom stereocenters. The van der Waals surface area contributed by atoms with E-state index in [2.05, 4.69) is 5.32 Å². The smallest absolute Gasteiger partial charge is 0.232 e. The van der Waals surface area contributed by atoms with Gasteiger partial charge in [0.1, 0.15) is 0 Å². The van der Waals surface area contributed by atoms with E-state index in [9.17, 15) is 13.2 Å². The van der Waals surface area contributed by atoms with Crippen LogP contribution >= 0.6 is 22.3 Å². The van der Waals surface area contributed by atoms with E-state index in [1.165, 1.54) is 6.92 Å². The van der Waals surface area contributed by atoms with Gasteiger partial charge in [0, 0.05) is 17.6 Å². The number of hydrogen-bond donors (Lipinski definition) is 1.